The van der Waals surface area contributed by atoms with Crippen molar-refractivity contribution in [3.05, 3.63) is 0 Å². The van der Waals surface area contributed by atoms with E-state index in [4.69, 9.17) is 4.74 Å². The minimum absolute atomic E-state index is 0.306. The van der Waals surface area contributed by atoms with Crippen LogP contribution in [0, 0.1) is 5.41 Å². The normalized spacial score (nSPS) is 34.5. The SMILES string of the molecule is CO[C@@H]1CCC[C@@]12CCCN(CC(=O)N1CCNCC1)C2. The smallest absolute Gasteiger partial charge is 0.236 e. The van der Waals surface area contributed by atoms with Gasteiger partial charge in [-0.15, -0.1) is 0 Å². The van der Waals surface area contributed by atoms with E-state index in [1.165, 1.54) is 32.1 Å². The minimum Gasteiger partial charge on any atom is -0.381 e. The summed E-state index contributed by atoms with van der Waals surface area (Å²) in [4.78, 5) is 16.8. The molecule has 2 heterocycles. The Labute approximate surface area is 128 Å². The fraction of sp³-hybridized carbons (Fsp3) is 0.938. The summed E-state index contributed by atoms with van der Waals surface area (Å²) in [5.74, 6) is 0.306. The topological polar surface area (TPSA) is 44.8 Å². The third kappa shape index (κ3) is 3.25. The van der Waals surface area contributed by atoms with Crippen molar-refractivity contribution in [1.29, 1.82) is 0 Å². The van der Waals surface area contributed by atoms with Crippen molar-refractivity contribution in [2.45, 2.75) is 38.2 Å². The van der Waals surface area contributed by atoms with Gasteiger partial charge in [0, 0.05) is 45.2 Å². The fourth-order valence-electron chi connectivity index (χ4n) is 4.54. The molecule has 1 N–H and O–H groups in total. The Hall–Kier alpha value is -0.650. The van der Waals surface area contributed by atoms with Crippen molar-refractivity contribution in [2.75, 3.05) is 52.9 Å². The number of carbonyl (C=O) groups is 1. The lowest BCUT2D eigenvalue weighted by molar-refractivity contribution is -0.134. The summed E-state index contributed by atoms with van der Waals surface area (Å²) in [6.07, 6.45) is 6.60. The summed E-state index contributed by atoms with van der Waals surface area (Å²) >= 11 is 0. The molecule has 1 spiro atoms. The van der Waals surface area contributed by atoms with Gasteiger partial charge in [-0.1, -0.05) is 6.42 Å². The maximum absolute atomic E-state index is 12.4. The van der Waals surface area contributed by atoms with Crippen LogP contribution < -0.4 is 5.32 Å². The summed E-state index contributed by atoms with van der Waals surface area (Å²) in [5.41, 5.74) is 0.316. The van der Waals surface area contributed by atoms with Crippen LogP contribution in [0.1, 0.15) is 32.1 Å². The number of likely N-dealkylation sites (tertiary alicyclic amines) is 1. The van der Waals surface area contributed by atoms with Gasteiger partial charge in [-0.05, 0) is 32.2 Å². The van der Waals surface area contributed by atoms with Gasteiger partial charge >= 0.3 is 0 Å². The van der Waals surface area contributed by atoms with E-state index < -0.39 is 0 Å². The summed E-state index contributed by atoms with van der Waals surface area (Å²) in [6.45, 7) is 6.29. The van der Waals surface area contributed by atoms with Gasteiger partial charge < -0.3 is 15.0 Å². The standard InChI is InChI=1S/C16H29N3O2/c1-21-14-4-2-5-16(14)6-3-9-18(13-16)12-15(20)19-10-7-17-8-11-19/h14,17H,2-13H2,1H3/t14-,16+/m1/s1. The van der Waals surface area contributed by atoms with E-state index in [0.29, 0.717) is 24.0 Å². The maximum atomic E-state index is 12.4. The van der Waals surface area contributed by atoms with Crippen LogP contribution in [0.5, 0.6) is 0 Å². The van der Waals surface area contributed by atoms with E-state index in [1.807, 2.05) is 12.0 Å². The first-order valence-electron chi connectivity index (χ1n) is 8.47. The number of carbonyl (C=O) groups excluding carboxylic acids is 1. The number of hydrogen-bond donors (Lipinski definition) is 1. The number of nitrogens with one attached hydrogen (secondary N) is 1. The molecule has 3 aliphatic rings. The van der Waals surface area contributed by atoms with Gasteiger partial charge in [-0.25, -0.2) is 0 Å². The highest BCUT2D eigenvalue weighted by atomic mass is 16.5. The second-order valence-electron chi connectivity index (χ2n) is 6.92. The number of amides is 1. The van der Waals surface area contributed by atoms with Crippen molar-refractivity contribution >= 4 is 5.91 Å². The molecule has 0 aromatic heterocycles. The number of hydrogen-bond acceptors (Lipinski definition) is 4. The Balaban J connectivity index is 1.57. The number of piperazine rings is 1. The minimum atomic E-state index is 0.306. The number of nitrogens with zero attached hydrogens (tertiary/aromatic N) is 2. The molecule has 2 saturated heterocycles. The van der Waals surface area contributed by atoms with Crippen LogP contribution in [0.3, 0.4) is 0 Å². The first-order chi connectivity index (χ1) is 10.2. The van der Waals surface area contributed by atoms with Gasteiger partial charge in [-0.2, -0.15) is 0 Å². The molecule has 2 atom stereocenters. The molecule has 120 valence electrons. The van der Waals surface area contributed by atoms with Crippen molar-refractivity contribution in [2.24, 2.45) is 5.41 Å². The largest absolute Gasteiger partial charge is 0.381 e. The molecule has 1 saturated carbocycles. The zero-order chi connectivity index (χ0) is 14.7. The van der Waals surface area contributed by atoms with Crippen LogP contribution in [0.4, 0.5) is 0 Å². The molecule has 0 aromatic carbocycles. The molecule has 1 aliphatic carbocycles. The third-order valence-electron chi connectivity index (χ3n) is 5.62. The second-order valence-corrected chi connectivity index (χ2v) is 6.92. The van der Waals surface area contributed by atoms with E-state index in [1.54, 1.807) is 0 Å². The average Bonchev–Trinajstić information content (AvgIpc) is 2.90. The van der Waals surface area contributed by atoms with Gasteiger partial charge in [0.05, 0.1) is 12.6 Å². The van der Waals surface area contributed by atoms with E-state index in [2.05, 4.69) is 10.2 Å². The average molecular weight is 295 g/mol. The molecule has 0 aromatic rings. The molecular formula is C16H29N3O2. The lowest BCUT2D eigenvalue weighted by Gasteiger charge is -2.44. The van der Waals surface area contributed by atoms with Gasteiger partial charge in [-0.3, -0.25) is 9.69 Å². The van der Waals surface area contributed by atoms with Crippen LogP contribution in [-0.4, -0.2) is 74.7 Å². The van der Waals surface area contributed by atoms with Crippen LogP contribution in [0.25, 0.3) is 0 Å². The molecular weight excluding hydrogens is 266 g/mol. The zero-order valence-electron chi connectivity index (χ0n) is 13.3. The maximum Gasteiger partial charge on any atom is 0.236 e. The van der Waals surface area contributed by atoms with Crippen LogP contribution in [0.15, 0.2) is 0 Å². The summed E-state index contributed by atoms with van der Waals surface area (Å²) in [7, 11) is 1.85. The highest BCUT2D eigenvalue weighted by Crippen LogP contribution is 2.46. The first-order valence-corrected chi connectivity index (χ1v) is 8.47. The Kier molecular flexibility index (Phi) is 4.82. The molecule has 5 heteroatoms. The van der Waals surface area contributed by atoms with Gasteiger partial charge in [0.25, 0.3) is 0 Å². The summed E-state index contributed by atoms with van der Waals surface area (Å²) < 4.78 is 5.74. The van der Waals surface area contributed by atoms with Gasteiger partial charge in [0.15, 0.2) is 0 Å². The molecule has 2 aliphatic heterocycles. The Morgan fingerprint density at radius 2 is 2.00 bits per heavy atom. The van der Waals surface area contributed by atoms with Gasteiger partial charge in [0.1, 0.15) is 0 Å². The number of piperidine rings is 1. The van der Waals surface area contributed by atoms with E-state index in [9.17, 15) is 4.79 Å². The van der Waals surface area contributed by atoms with Crippen molar-refractivity contribution < 1.29 is 9.53 Å². The lowest BCUT2D eigenvalue weighted by Crippen LogP contribution is -2.53. The van der Waals surface area contributed by atoms with Crippen molar-refractivity contribution in [3.8, 4) is 0 Å². The molecule has 0 unspecified atom stereocenters. The number of ether oxygens (including phenoxy) is 1. The lowest BCUT2D eigenvalue weighted by atomic mass is 9.76. The molecule has 0 radical (unpaired) electrons. The molecule has 5 nitrogen and oxygen atoms in total. The van der Waals surface area contributed by atoms with Crippen molar-refractivity contribution in [3.63, 3.8) is 0 Å². The van der Waals surface area contributed by atoms with Gasteiger partial charge in [0.2, 0.25) is 5.91 Å². The summed E-state index contributed by atoms with van der Waals surface area (Å²) in [5, 5.41) is 3.30. The predicted octanol–water partition coefficient (Wildman–Crippen LogP) is 0.699. The van der Waals surface area contributed by atoms with Crippen LogP contribution in [0.2, 0.25) is 0 Å². The quantitative estimate of drug-likeness (QED) is 0.832. The van der Waals surface area contributed by atoms with Crippen molar-refractivity contribution in [1.82, 2.24) is 15.1 Å². The molecule has 21 heavy (non-hydrogen) atoms. The molecule has 3 rings (SSSR count). The van der Waals surface area contributed by atoms with Crippen LogP contribution in [-0.2, 0) is 9.53 Å². The van der Waals surface area contributed by atoms with Crippen LogP contribution >= 0.6 is 0 Å². The second kappa shape index (κ2) is 6.63. The Morgan fingerprint density at radius 3 is 2.76 bits per heavy atom. The number of rotatable bonds is 3. The Bertz CT molecular complexity index is 371. The molecule has 3 fully saturated rings. The first kappa shape index (κ1) is 15.3. The van der Waals surface area contributed by atoms with E-state index in [-0.39, 0.29) is 0 Å². The Morgan fingerprint density at radius 1 is 1.24 bits per heavy atom. The highest BCUT2D eigenvalue weighted by molar-refractivity contribution is 5.78. The number of methoxy groups -OCH3 is 1. The molecule has 0 bridgehead atoms. The monoisotopic (exact) mass is 295 g/mol. The predicted molar refractivity (Wildman–Crippen MR) is 82.2 cm³/mol. The third-order valence-corrected chi connectivity index (χ3v) is 5.62. The molecule has 1 amide bonds. The highest BCUT2D eigenvalue weighted by Gasteiger charge is 2.45. The van der Waals surface area contributed by atoms with E-state index in [0.717, 1.165) is 39.3 Å². The zero-order valence-corrected chi connectivity index (χ0v) is 13.3. The van der Waals surface area contributed by atoms with E-state index >= 15 is 0 Å². The summed E-state index contributed by atoms with van der Waals surface area (Å²) in [6, 6.07) is 0. The fourth-order valence-corrected chi connectivity index (χ4v) is 4.54.